The zero-order valence-electron chi connectivity index (χ0n) is 12.5. The van der Waals surface area contributed by atoms with Gasteiger partial charge in [-0.25, -0.2) is 8.42 Å². The Balaban J connectivity index is 1.98. The highest BCUT2D eigenvalue weighted by Gasteiger charge is 2.38. The molecule has 1 atom stereocenters. The van der Waals surface area contributed by atoms with Crippen molar-refractivity contribution in [2.75, 3.05) is 18.8 Å². The highest BCUT2D eigenvalue weighted by atomic mass is 32.2. The lowest BCUT2D eigenvalue weighted by molar-refractivity contribution is -0.131. The summed E-state index contributed by atoms with van der Waals surface area (Å²) in [5.74, 6) is -0.583. The molecule has 2 N–H and O–H groups in total. The van der Waals surface area contributed by atoms with Crippen molar-refractivity contribution in [3.63, 3.8) is 0 Å². The number of hydrogen-bond donors (Lipinski definition) is 1. The van der Waals surface area contributed by atoms with Gasteiger partial charge in [-0.15, -0.1) is 0 Å². The SMILES string of the molecule is CC1(C)CN(C(=O)CS(=O)(=O)C2CCCC2)CCC1N. The Hall–Kier alpha value is -0.620. The van der Waals surface area contributed by atoms with Crippen molar-refractivity contribution in [1.29, 1.82) is 0 Å². The van der Waals surface area contributed by atoms with Crippen LogP contribution >= 0.6 is 0 Å². The monoisotopic (exact) mass is 302 g/mol. The van der Waals surface area contributed by atoms with Crippen LogP contribution in [-0.4, -0.2) is 49.4 Å². The molecule has 6 heteroatoms. The Morgan fingerprint density at radius 1 is 1.25 bits per heavy atom. The summed E-state index contributed by atoms with van der Waals surface area (Å²) < 4.78 is 24.5. The van der Waals surface area contributed by atoms with E-state index < -0.39 is 9.84 Å². The Morgan fingerprint density at radius 3 is 2.40 bits per heavy atom. The van der Waals surface area contributed by atoms with E-state index in [2.05, 4.69) is 0 Å². The number of piperidine rings is 1. The second-order valence-electron chi connectivity index (χ2n) is 6.91. The van der Waals surface area contributed by atoms with Crippen molar-refractivity contribution in [2.24, 2.45) is 11.1 Å². The molecule has 1 amide bonds. The maximum Gasteiger partial charge on any atom is 0.237 e. The molecule has 116 valence electrons. The number of sulfone groups is 1. The quantitative estimate of drug-likeness (QED) is 0.841. The molecule has 5 nitrogen and oxygen atoms in total. The van der Waals surface area contributed by atoms with Gasteiger partial charge in [0.25, 0.3) is 0 Å². The van der Waals surface area contributed by atoms with Crippen LogP contribution in [0.1, 0.15) is 46.0 Å². The number of likely N-dealkylation sites (tertiary alicyclic amines) is 1. The minimum absolute atomic E-state index is 0.0676. The van der Waals surface area contributed by atoms with E-state index in [1.165, 1.54) is 0 Å². The predicted molar refractivity (Wildman–Crippen MR) is 79.0 cm³/mol. The van der Waals surface area contributed by atoms with Crippen LogP contribution in [-0.2, 0) is 14.6 Å². The molecule has 2 aliphatic rings. The van der Waals surface area contributed by atoms with E-state index in [1.54, 1.807) is 4.90 Å². The Labute approximate surface area is 121 Å². The predicted octanol–water partition coefficient (Wildman–Crippen LogP) is 0.930. The van der Waals surface area contributed by atoms with Gasteiger partial charge in [-0.1, -0.05) is 26.7 Å². The van der Waals surface area contributed by atoms with Gasteiger partial charge in [0, 0.05) is 19.1 Å². The first-order valence-electron chi connectivity index (χ1n) is 7.47. The van der Waals surface area contributed by atoms with Crippen molar-refractivity contribution in [1.82, 2.24) is 4.90 Å². The zero-order valence-corrected chi connectivity index (χ0v) is 13.3. The fraction of sp³-hybridized carbons (Fsp3) is 0.929. The number of amides is 1. The Morgan fingerprint density at radius 2 is 1.85 bits per heavy atom. The molecule has 1 aliphatic heterocycles. The molecule has 0 aromatic heterocycles. The van der Waals surface area contributed by atoms with Gasteiger partial charge in [0.05, 0.1) is 5.25 Å². The van der Waals surface area contributed by atoms with Gasteiger partial charge in [0.15, 0.2) is 9.84 Å². The van der Waals surface area contributed by atoms with Crippen LogP contribution in [0.15, 0.2) is 0 Å². The molecular weight excluding hydrogens is 276 g/mol. The van der Waals surface area contributed by atoms with E-state index in [4.69, 9.17) is 5.73 Å². The summed E-state index contributed by atoms with van der Waals surface area (Å²) >= 11 is 0. The van der Waals surface area contributed by atoms with E-state index in [1.807, 2.05) is 13.8 Å². The van der Waals surface area contributed by atoms with Crippen molar-refractivity contribution < 1.29 is 13.2 Å². The third-order valence-electron chi connectivity index (χ3n) is 4.80. The molecule has 0 bridgehead atoms. The van der Waals surface area contributed by atoms with E-state index in [9.17, 15) is 13.2 Å². The number of carbonyl (C=O) groups excluding carboxylic acids is 1. The molecule has 1 saturated carbocycles. The Kier molecular flexibility index (Phi) is 4.44. The van der Waals surface area contributed by atoms with Crippen molar-refractivity contribution in [3.8, 4) is 0 Å². The van der Waals surface area contributed by atoms with E-state index in [0.717, 1.165) is 19.3 Å². The summed E-state index contributed by atoms with van der Waals surface area (Å²) in [5.41, 5.74) is 5.90. The first-order chi connectivity index (χ1) is 9.22. The lowest BCUT2D eigenvalue weighted by atomic mass is 9.80. The van der Waals surface area contributed by atoms with Crippen LogP contribution in [0.3, 0.4) is 0 Å². The van der Waals surface area contributed by atoms with Crippen LogP contribution in [0.4, 0.5) is 0 Å². The first kappa shape index (κ1) is 15.8. The van der Waals surface area contributed by atoms with Crippen molar-refractivity contribution >= 4 is 15.7 Å². The Bertz CT molecular complexity index is 467. The molecule has 20 heavy (non-hydrogen) atoms. The number of rotatable bonds is 3. The molecule has 2 rings (SSSR count). The highest BCUT2D eigenvalue weighted by Crippen LogP contribution is 2.29. The summed E-state index contributed by atoms with van der Waals surface area (Å²) in [6.07, 6.45) is 4.09. The molecule has 1 saturated heterocycles. The summed E-state index contributed by atoms with van der Waals surface area (Å²) in [4.78, 5) is 13.9. The van der Waals surface area contributed by atoms with Gasteiger partial charge in [0.1, 0.15) is 5.75 Å². The fourth-order valence-corrected chi connectivity index (χ4v) is 5.03. The number of carbonyl (C=O) groups is 1. The lowest BCUT2D eigenvalue weighted by Crippen LogP contribution is -2.55. The van der Waals surface area contributed by atoms with Gasteiger partial charge in [-0.05, 0) is 24.7 Å². The van der Waals surface area contributed by atoms with Crippen LogP contribution in [0.5, 0.6) is 0 Å². The van der Waals surface area contributed by atoms with Crippen LogP contribution in [0.25, 0.3) is 0 Å². The fourth-order valence-electron chi connectivity index (χ4n) is 3.22. The standard InChI is InChI=1S/C14H26N2O3S/c1-14(2)10-16(8-7-12(14)15)13(17)9-20(18,19)11-5-3-4-6-11/h11-12H,3-10,15H2,1-2H3. The third-order valence-corrected chi connectivity index (χ3v) is 6.94. The summed E-state index contributed by atoms with van der Waals surface area (Å²) in [6.45, 7) is 5.18. The minimum atomic E-state index is -3.28. The molecule has 0 spiro atoms. The van der Waals surface area contributed by atoms with Gasteiger partial charge in [0.2, 0.25) is 5.91 Å². The maximum atomic E-state index is 12.3. The first-order valence-corrected chi connectivity index (χ1v) is 9.19. The molecule has 0 aromatic carbocycles. The third kappa shape index (κ3) is 3.34. The van der Waals surface area contributed by atoms with Crippen LogP contribution in [0.2, 0.25) is 0 Å². The van der Waals surface area contributed by atoms with Gasteiger partial charge in [-0.2, -0.15) is 0 Å². The molecule has 1 aliphatic carbocycles. The highest BCUT2D eigenvalue weighted by molar-refractivity contribution is 7.92. The topological polar surface area (TPSA) is 80.5 Å². The normalized spacial score (nSPS) is 27.8. The lowest BCUT2D eigenvalue weighted by Gasteiger charge is -2.42. The van der Waals surface area contributed by atoms with E-state index in [-0.39, 0.29) is 28.4 Å². The molecular formula is C14H26N2O3S. The molecule has 2 fully saturated rings. The smallest absolute Gasteiger partial charge is 0.237 e. The summed E-state index contributed by atoms with van der Waals surface area (Å²) in [7, 11) is -3.28. The minimum Gasteiger partial charge on any atom is -0.341 e. The molecule has 1 unspecified atom stereocenters. The largest absolute Gasteiger partial charge is 0.341 e. The maximum absolute atomic E-state index is 12.3. The molecule has 1 heterocycles. The van der Waals surface area contributed by atoms with Crippen LogP contribution < -0.4 is 5.73 Å². The second kappa shape index (κ2) is 5.64. The molecule has 0 aromatic rings. The average Bonchev–Trinajstić information content (AvgIpc) is 2.86. The molecule has 0 radical (unpaired) electrons. The van der Waals surface area contributed by atoms with E-state index in [0.29, 0.717) is 25.9 Å². The summed E-state index contributed by atoms with van der Waals surface area (Å²) in [5, 5.41) is -0.300. The van der Waals surface area contributed by atoms with Gasteiger partial charge >= 0.3 is 0 Å². The van der Waals surface area contributed by atoms with Crippen molar-refractivity contribution in [3.05, 3.63) is 0 Å². The number of nitrogens with zero attached hydrogens (tertiary/aromatic N) is 1. The summed E-state index contributed by atoms with van der Waals surface area (Å²) in [6, 6.07) is 0.0676. The number of nitrogens with two attached hydrogens (primary N) is 1. The average molecular weight is 302 g/mol. The van der Waals surface area contributed by atoms with Gasteiger partial charge < -0.3 is 10.6 Å². The zero-order chi connectivity index (χ0) is 15.0. The second-order valence-corrected chi connectivity index (χ2v) is 9.19. The van der Waals surface area contributed by atoms with E-state index >= 15 is 0 Å². The van der Waals surface area contributed by atoms with Crippen molar-refractivity contribution in [2.45, 2.75) is 57.2 Å². The van der Waals surface area contributed by atoms with Crippen LogP contribution in [0, 0.1) is 5.41 Å². The number of hydrogen-bond acceptors (Lipinski definition) is 4. The van der Waals surface area contributed by atoms with Gasteiger partial charge in [-0.3, -0.25) is 4.79 Å².